The molecule has 1 saturated heterocycles. The average Bonchev–Trinajstić information content (AvgIpc) is 2.91. The van der Waals surface area contributed by atoms with Crippen molar-refractivity contribution in [2.24, 2.45) is 0 Å². The number of hydrogen-bond acceptors (Lipinski definition) is 4. The van der Waals surface area contributed by atoms with Gasteiger partial charge >= 0.3 is 0 Å². The summed E-state index contributed by atoms with van der Waals surface area (Å²) in [5, 5.41) is 5.62. The molecular formula is C15H8Cl2N2O3S. The highest BCUT2D eigenvalue weighted by molar-refractivity contribution is 7.80. The van der Waals surface area contributed by atoms with Crippen LogP contribution >= 0.6 is 35.4 Å². The lowest BCUT2D eigenvalue weighted by Gasteiger charge is -2.15. The molecule has 1 aromatic carbocycles. The van der Waals surface area contributed by atoms with Crippen LogP contribution in [0.3, 0.4) is 0 Å². The van der Waals surface area contributed by atoms with E-state index in [2.05, 4.69) is 10.6 Å². The predicted molar refractivity (Wildman–Crippen MR) is 91.0 cm³/mol. The lowest BCUT2D eigenvalue weighted by Crippen LogP contribution is -2.51. The lowest BCUT2D eigenvalue weighted by molar-refractivity contribution is -0.123. The normalized spacial score (nSPS) is 14.5. The van der Waals surface area contributed by atoms with Crippen LogP contribution < -0.4 is 10.6 Å². The van der Waals surface area contributed by atoms with Crippen LogP contribution in [0.1, 0.15) is 5.76 Å². The van der Waals surface area contributed by atoms with Gasteiger partial charge in [-0.3, -0.25) is 20.2 Å². The van der Waals surface area contributed by atoms with E-state index in [9.17, 15) is 9.59 Å². The highest BCUT2D eigenvalue weighted by atomic mass is 35.5. The number of halogens is 2. The Morgan fingerprint density at radius 2 is 1.74 bits per heavy atom. The van der Waals surface area contributed by atoms with Crippen molar-refractivity contribution < 1.29 is 14.0 Å². The Hall–Kier alpha value is -2.15. The minimum Gasteiger partial charge on any atom is -0.457 e. The van der Waals surface area contributed by atoms with Gasteiger partial charge in [0, 0.05) is 10.6 Å². The molecule has 0 aliphatic carbocycles. The molecule has 0 atom stereocenters. The van der Waals surface area contributed by atoms with Crippen LogP contribution in [-0.2, 0) is 9.59 Å². The van der Waals surface area contributed by atoms with Gasteiger partial charge in [-0.1, -0.05) is 23.2 Å². The highest BCUT2D eigenvalue weighted by Crippen LogP contribution is 2.32. The Morgan fingerprint density at radius 1 is 1.04 bits per heavy atom. The summed E-state index contributed by atoms with van der Waals surface area (Å²) in [7, 11) is 0. The van der Waals surface area contributed by atoms with Crippen molar-refractivity contribution in [3.63, 3.8) is 0 Å². The minimum atomic E-state index is -0.582. The Labute approximate surface area is 146 Å². The molecule has 1 aliphatic rings. The molecule has 1 aromatic heterocycles. The number of nitrogens with one attached hydrogen (secondary N) is 2. The van der Waals surface area contributed by atoms with Crippen LogP contribution in [0.2, 0.25) is 10.0 Å². The fourth-order valence-electron chi connectivity index (χ4n) is 2.01. The quantitative estimate of drug-likeness (QED) is 0.486. The first-order chi connectivity index (χ1) is 10.9. The average molecular weight is 367 g/mol. The van der Waals surface area contributed by atoms with E-state index in [1.807, 2.05) is 0 Å². The van der Waals surface area contributed by atoms with Crippen molar-refractivity contribution in [1.29, 1.82) is 0 Å². The van der Waals surface area contributed by atoms with E-state index >= 15 is 0 Å². The van der Waals surface area contributed by atoms with Crippen molar-refractivity contribution >= 4 is 58.4 Å². The summed E-state index contributed by atoms with van der Waals surface area (Å²) >= 11 is 16.7. The van der Waals surface area contributed by atoms with Crippen molar-refractivity contribution in [2.75, 3.05) is 0 Å². The third-order valence-corrected chi connectivity index (χ3v) is 3.81. The molecule has 3 rings (SSSR count). The van der Waals surface area contributed by atoms with E-state index in [-0.39, 0.29) is 10.7 Å². The fraction of sp³-hybridized carbons (Fsp3) is 0. The number of thiocarbonyl (C=S) groups is 1. The fourth-order valence-corrected chi connectivity index (χ4v) is 2.70. The zero-order valence-corrected chi connectivity index (χ0v) is 13.7. The second kappa shape index (κ2) is 6.16. The first kappa shape index (κ1) is 15.7. The molecule has 2 heterocycles. The monoisotopic (exact) mass is 366 g/mol. The summed E-state index contributed by atoms with van der Waals surface area (Å²) < 4.78 is 5.62. The van der Waals surface area contributed by atoms with E-state index in [1.54, 1.807) is 30.3 Å². The molecule has 2 aromatic rings. The molecule has 1 aliphatic heterocycles. The molecule has 0 bridgehead atoms. The van der Waals surface area contributed by atoms with Gasteiger partial charge < -0.3 is 4.42 Å². The summed E-state index contributed by atoms with van der Waals surface area (Å²) in [6.45, 7) is 0. The number of rotatable bonds is 2. The van der Waals surface area contributed by atoms with Crippen molar-refractivity contribution in [1.82, 2.24) is 10.6 Å². The van der Waals surface area contributed by atoms with Crippen LogP contribution in [0.5, 0.6) is 0 Å². The summed E-state index contributed by atoms with van der Waals surface area (Å²) in [5.74, 6) is -0.341. The third kappa shape index (κ3) is 3.29. The summed E-state index contributed by atoms with van der Waals surface area (Å²) in [4.78, 5) is 23.6. The zero-order chi connectivity index (χ0) is 16.6. The van der Waals surface area contributed by atoms with Crippen molar-refractivity contribution in [2.45, 2.75) is 0 Å². The maximum atomic E-state index is 11.8. The standard InChI is InChI=1S/C15H8Cl2N2O3S/c16-7-1-3-9(11(17)5-7)12-4-2-8(22-12)6-10-13(20)18-15(23)19-14(10)21/h1-6H,(H2,18,19,20,21,23). The van der Waals surface area contributed by atoms with E-state index in [1.165, 1.54) is 6.08 Å². The van der Waals surface area contributed by atoms with Gasteiger partial charge in [0.15, 0.2) is 5.11 Å². The number of hydrogen-bond donors (Lipinski definition) is 2. The minimum absolute atomic E-state index is 0.0229. The number of carbonyl (C=O) groups is 2. The third-order valence-electron chi connectivity index (χ3n) is 3.05. The van der Waals surface area contributed by atoms with E-state index in [4.69, 9.17) is 39.8 Å². The zero-order valence-electron chi connectivity index (χ0n) is 11.4. The van der Waals surface area contributed by atoms with Gasteiger partial charge in [-0.05, 0) is 48.6 Å². The van der Waals surface area contributed by atoms with Gasteiger partial charge in [-0.2, -0.15) is 0 Å². The van der Waals surface area contributed by atoms with E-state index in [0.29, 0.717) is 27.1 Å². The molecular weight excluding hydrogens is 359 g/mol. The topological polar surface area (TPSA) is 71.3 Å². The van der Waals surface area contributed by atoms with Crippen LogP contribution in [0.4, 0.5) is 0 Å². The summed E-state index contributed by atoms with van der Waals surface area (Å²) in [5.41, 5.74) is 0.557. The number of amides is 2. The first-order valence-electron chi connectivity index (χ1n) is 6.37. The van der Waals surface area contributed by atoms with Gasteiger partial charge in [0.25, 0.3) is 11.8 Å². The van der Waals surface area contributed by atoms with Crippen molar-refractivity contribution in [3.05, 3.63) is 51.7 Å². The summed E-state index contributed by atoms with van der Waals surface area (Å²) in [6, 6.07) is 8.32. The SMILES string of the molecule is O=C1NC(=S)NC(=O)C1=Cc1ccc(-c2ccc(Cl)cc2Cl)o1. The van der Waals surface area contributed by atoms with Crippen LogP contribution in [0.25, 0.3) is 17.4 Å². The second-order valence-corrected chi connectivity index (χ2v) is 5.87. The van der Waals surface area contributed by atoms with Crippen LogP contribution in [0.15, 0.2) is 40.3 Å². The molecule has 23 heavy (non-hydrogen) atoms. The van der Waals surface area contributed by atoms with E-state index < -0.39 is 11.8 Å². The Kier molecular flexibility index (Phi) is 4.21. The smallest absolute Gasteiger partial charge is 0.263 e. The van der Waals surface area contributed by atoms with Gasteiger partial charge in [0.05, 0.1) is 5.02 Å². The number of furan rings is 1. The molecule has 0 saturated carbocycles. The van der Waals surface area contributed by atoms with Gasteiger partial charge in [0.2, 0.25) is 0 Å². The molecule has 1 fully saturated rings. The van der Waals surface area contributed by atoms with Crippen LogP contribution in [-0.4, -0.2) is 16.9 Å². The Morgan fingerprint density at radius 3 is 2.39 bits per heavy atom. The predicted octanol–water partition coefficient (Wildman–Crippen LogP) is 3.17. The second-order valence-electron chi connectivity index (χ2n) is 4.62. The molecule has 116 valence electrons. The largest absolute Gasteiger partial charge is 0.457 e. The van der Waals surface area contributed by atoms with E-state index in [0.717, 1.165) is 0 Å². The first-order valence-corrected chi connectivity index (χ1v) is 7.54. The molecule has 8 heteroatoms. The maximum absolute atomic E-state index is 11.8. The molecule has 0 spiro atoms. The molecule has 2 amide bonds. The molecule has 0 unspecified atom stereocenters. The Bertz CT molecular complexity index is 851. The maximum Gasteiger partial charge on any atom is 0.263 e. The molecule has 5 nitrogen and oxygen atoms in total. The molecule has 0 radical (unpaired) electrons. The number of carbonyl (C=O) groups excluding carboxylic acids is 2. The highest BCUT2D eigenvalue weighted by Gasteiger charge is 2.26. The van der Waals surface area contributed by atoms with Gasteiger partial charge in [-0.25, -0.2) is 0 Å². The van der Waals surface area contributed by atoms with Crippen molar-refractivity contribution in [3.8, 4) is 11.3 Å². The van der Waals surface area contributed by atoms with Gasteiger partial charge in [-0.15, -0.1) is 0 Å². The summed E-state index contributed by atoms with van der Waals surface area (Å²) in [6.07, 6.45) is 1.33. The molecule has 2 N–H and O–H groups in total. The lowest BCUT2D eigenvalue weighted by atomic mass is 10.1. The van der Waals surface area contributed by atoms with Gasteiger partial charge in [0.1, 0.15) is 17.1 Å². The van der Waals surface area contributed by atoms with Crippen LogP contribution in [0, 0.1) is 0 Å². The Balaban J connectivity index is 1.93. The number of benzene rings is 1.